The van der Waals surface area contributed by atoms with Crippen LogP contribution in [0.25, 0.3) is 0 Å². The summed E-state index contributed by atoms with van der Waals surface area (Å²) in [6, 6.07) is 6.89. The van der Waals surface area contributed by atoms with Crippen molar-refractivity contribution in [3.8, 4) is 0 Å². The quantitative estimate of drug-likeness (QED) is 0.800. The van der Waals surface area contributed by atoms with Gasteiger partial charge in [0.05, 0.1) is 0 Å². The Kier molecular flexibility index (Phi) is 3.06. The molecular formula is C13H18FN. The summed E-state index contributed by atoms with van der Waals surface area (Å²) >= 11 is 0. The van der Waals surface area contributed by atoms with Gasteiger partial charge in [-0.25, -0.2) is 4.39 Å². The standard InChI is InChI=1S/C13H18FN/c1-2-7-13(8-9-15-13)10-11-3-5-12(14)6-4-11/h3-6,15H,2,7-10H2,1H3. The Hall–Kier alpha value is -0.890. The fourth-order valence-corrected chi connectivity index (χ4v) is 2.40. The van der Waals surface area contributed by atoms with Gasteiger partial charge >= 0.3 is 0 Å². The van der Waals surface area contributed by atoms with Gasteiger partial charge in [0.1, 0.15) is 5.82 Å². The molecule has 0 radical (unpaired) electrons. The van der Waals surface area contributed by atoms with E-state index in [4.69, 9.17) is 0 Å². The lowest BCUT2D eigenvalue weighted by Gasteiger charge is -2.43. The fraction of sp³-hybridized carbons (Fsp3) is 0.538. The van der Waals surface area contributed by atoms with E-state index in [2.05, 4.69) is 12.2 Å². The molecule has 1 aliphatic rings. The summed E-state index contributed by atoms with van der Waals surface area (Å²) in [6.45, 7) is 3.34. The molecule has 0 bridgehead atoms. The number of nitrogens with one attached hydrogen (secondary N) is 1. The van der Waals surface area contributed by atoms with Crippen molar-refractivity contribution in [3.05, 3.63) is 35.6 Å². The van der Waals surface area contributed by atoms with E-state index < -0.39 is 0 Å². The molecule has 1 aromatic carbocycles. The van der Waals surface area contributed by atoms with Gasteiger partial charge in [0.2, 0.25) is 0 Å². The molecule has 1 unspecified atom stereocenters. The molecular weight excluding hydrogens is 189 g/mol. The van der Waals surface area contributed by atoms with E-state index >= 15 is 0 Å². The average Bonchev–Trinajstić information content (AvgIpc) is 2.18. The lowest BCUT2D eigenvalue weighted by atomic mass is 9.78. The van der Waals surface area contributed by atoms with Crippen LogP contribution in [0.3, 0.4) is 0 Å². The highest BCUT2D eigenvalue weighted by molar-refractivity contribution is 5.20. The van der Waals surface area contributed by atoms with Gasteiger partial charge in [0.25, 0.3) is 0 Å². The monoisotopic (exact) mass is 207 g/mol. The van der Waals surface area contributed by atoms with E-state index in [9.17, 15) is 4.39 Å². The highest BCUT2D eigenvalue weighted by Crippen LogP contribution is 2.28. The third-order valence-corrected chi connectivity index (χ3v) is 3.29. The minimum atomic E-state index is -0.148. The van der Waals surface area contributed by atoms with Gasteiger partial charge in [-0.3, -0.25) is 0 Å². The Labute approximate surface area is 90.7 Å². The van der Waals surface area contributed by atoms with Crippen LogP contribution >= 0.6 is 0 Å². The first-order chi connectivity index (χ1) is 7.24. The number of hydrogen-bond acceptors (Lipinski definition) is 1. The topological polar surface area (TPSA) is 12.0 Å². The highest BCUT2D eigenvalue weighted by Gasteiger charge is 2.35. The van der Waals surface area contributed by atoms with Crippen LogP contribution in [0.2, 0.25) is 0 Å². The largest absolute Gasteiger partial charge is 0.311 e. The Morgan fingerprint density at radius 2 is 2.00 bits per heavy atom. The first kappa shape index (κ1) is 10.6. The molecule has 15 heavy (non-hydrogen) atoms. The molecule has 2 heteroatoms. The lowest BCUT2D eigenvalue weighted by molar-refractivity contribution is 0.188. The highest BCUT2D eigenvalue weighted by atomic mass is 19.1. The smallest absolute Gasteiger partial charge is 0.123 e. The van der Waals surface area contributed by atoms with Gasteiger partial charge in [0, 0.05) is 5.54 Å². The summed E-state index contributed by atoms with van der Waals surface area (Å²) in [4.78, 5) is 0. The molecule has 1 saturated heterocycles. The number of benzene rings is 1. The molecule has 0 saturated carbocycles. The Balaban J connectivity index is 2.03. The molecule has 2 rings (SSSR count). The Bertz CT molecular complexity index is 314. The second-order valence-electron chi connectivity index (χ2n) is 4.51. The minimum absolute atomic E-state index is 0.148. The van der Waals surface area contributed by atoms with Gasteiger partial charge in [-0.15, -0.1) is 0 Å². The van der Waals surface area contributed by atoms with Crippen LogP contribution in [0.1, 0.15) is 31.7 Å². The number of hydrogen-bond donors (Lipinski definition) is 1. The minimum Gasteiger partial charge on any atom is -0.311 e. The predicted molar refractivity (Wildman–Crippen MR) is 60.4 cm³/mol. The molecule has 0 spiro atoms. The molecule has 1 atom stereocenters. The van der Waals surface area contributed by atoms with Crippen LogP contribution in [0.15, 0.2) is 24.3 Å². The first-order valence-corrected chi connectivity index (χ1v) is 5.74. The SMILES string of the molecule is CCCC1(Cc2ccc(F)cc2)CCN1. The van der Waals surface area contributed by atoms with E-state index in [1.807, 2.05) is 12.1 Å². The van der Waals surface area contributed by atoms with Crippen molar-refractivity contribution in [1.29, 1.82) is 0 Å². The maximum absolute atomic E-state index is 12.7. The second-order valence-corrected chi connectivity index (χ2v) is 4.51. The molecule has 1 aliphatic heterocycles. The maximum Gasteiger partial charge on any atom is 0.123 e. The first-order valence-electron chi connectivity index (χ1n) is 5.74. The van der Waals surface area contributed by atoms with Crippen LogP contribution in [0.5, 0.6) is 0 Å². The van der Waals surface area contributed by atoms with Crippen molar-refractivity contribution >= 4 is 0 Å². The summed E-state index contributed by atoms with van der Waals surface area (Å²) in [5.41, 5.74) is 1.53. The van der Waals surface area contributed by atoms with Crippen molar-refractivity contribution in [1.82, 2.24) is 5.32 Å². The van der Waals surface area contributed by atoms with Crippen LogP contribution in [0.4, 0.5) is 4.39 Å². The summed E-state index contributed by atoms with van der Waals surface area (Å²) in [6.07, 6.45) is 4.69. The molecule has 1 nitrogen and oxygen atoms in total. The number of halogens is 1. The van der Waals surface area contributed by atoms with Crippen molar-refractivity contribution in [3.63, 3.8) is 0 Å². The molecule has 1 aromatic rings. The van der Waals surface area contributed by atoms with E-state index in [1.165, 1.54) is 24.8 Å². The van der Waals surface area contributed by atoms with Crippen molar-refractivity contribution in [2.24, 2.45) is 0 Å². The zero-order valence-corrected chi connectivity index (χ0v) is 9.22. The summed E-state index contributed by atoms with van der Waals surface area (Å²) in [5, 5.41) is 3.53. The summed E-state index contributed by atoms with van der Waals surface area (Å²) < 4.78 is 12.7. The van der Waals surface area contributed by atoms with Crippen LogP contribution in [0, 0.1) is 5.82 Å². The normalized spacial score (nSPS) is 24.9. The molecule has 0 aliphatic carbocycles. The lowest BCUT2D eigenvalue weighted by Crippen LogP contribution is -2.58. The molecule has 1 heterocycles. The van der Waals surface area contributed by atoms with Gasteiger partial charge in [0.15, 0.2) is 0 Å². The van der Waals surface area contributed by atoms with Crippen LogP contribution in [-0.2, 0) is 6.42 Å². The molecule has 0 aromatic heterocycles. The molecule has 1 N–H and O–H groups in total. The summed E-state index contributed by atoms with van der Waals surface area (Å²) in [7, 11) is 0. The van der Waals surface area contributed by atoms with E-state index in [0.717, 1.165) is 13.0 Å². The van der Waals surface area contributed by atoms with Gasteiger partial charge in [-0.1, -0.05) is 25.5 Å². The van der Waals surface area contributed by atoms with Crippen LogP contribution < -0.4 is 5.32 Å². The third kappa shape index (κ3) is 2.37. The van der Waals surface area contributed by atoms with Crippen molar-refractivity contribution in [2.45, 2.75) is 38.1 Å². The third-order valence-electron chi connectivity index (χ3n) is 3.29. The summed E-state index contributed by atoms with van der Waals surface area (Å²) in [5.74, 6) is -0.148. The maximum atomic E-state index is 12.7. The van der Waals surface area contributed by atoms with Crippen LogP contribution in [-0.4, -0.2) is 12.1 Å². The molecule has 82 valence electrons. The van der Waals surface area contributed by atoms with Gasteiger partial charge < -0.3 is 5.32 Å². The van der Waals surface area contributed by atoms with E-state index in [-0.39, 0.29) is 5.82 Å². The van der Waals surface area contributed by atoms with Crippen molar-refractivity contribution < 1.29 is 4.39 Å². The molecule has 0 amide bonds. The number of rotatable bonds is 4. The average molecular weight is 207 g/mol. The van der Waals surface area contributed by atoms with E-state index in [1.54, 1.807) is 12.1 Å². The van der Waals surface area contributed by atoms with Gasteiger partial charge in [-0.2, -0.15) is 0 Å². The zero-order chi connectivity index (χ0) is 10.7. The predicted octanol–water partition coefficient (Wildman–Crippen LogP) is 2.90. The second kappa shape index (κ2) is 4.31. The van der Waals surface area contributed by atoms with E-state index in [0.29, 0.717) is 5.54 Å². The Morgan fingerprint density at radius 3 is 2.47 bits per heavy atom. The van der Waals surface area contributed by atoms with Gasteiger partial charge in [-0.05, 0) is 43.5 Å². The fourth-order valence-electron chi connectivity index (χ4n) is 2.40. The Morgan fingerprint density at radius 1 is 1.33 bits per heavy atom. The zero-order valence-electron chi connectivity index (χ0n) is 9.22. The molecule has 1 fully saturated rings. The van der Waals surface area contributed by atoms with Crippen molar-refractivity contribution in [2.75, 3.05) is 6.54 Å².